The van der Waals surface area contributed by atoms with Crippen LogP contribution in [0.4, 0.5) is 10.5 Å². The number of phenolic OH excluding ortho intramolecular Hbond substituents is 1. The van der Waals surface area contributed by atoms with Crippen LogP contribution in [-0.2, 0) is 16.0 Å². The van der Waals surface area contributed by atoms with Crippen LogP contribution in [0.1, 0.15) is 16.7 Å². The molecule has 1 fully saturated rings. The minimum atomic E-state index is -0.861. The molecule has 0 aliphatic carbocycles. The van der Waals surface area contributed by atoms with E-state index in [9.17, 15) is 19.5 Å². The van der Waals surface area contributed by atoms with Gasteiger partial charge >= 0.3 is 6.03 Å². The molecule has 172 valence electrons. The minimum Gasteiger partial charge on any atom is -0.508 e. The number of carbonyl (C=O) groups excluding carboxylic acids is 3. The highest BCUT2D eigenvalue weighted by molar-refractivity contribution is 9.10. The molecule has 9 heteroatoms. The highest BCUT2D eigenvalue weighted by Gasteiger charge is 2.36. The summed E-state index contributed by atoms with van der Waals surface area (Å²) in [4.78, 5) is 38.8. The summed E-state index contributed by atoms with van der Waals surface area (Å²) in [5.74, 6) is -1.00. The summed E-state index contributed by atoms with van der Waals surface area (Å²) in [6.45, 7) is 0. The molecule has 0 atom stereocenters. The summed E-state index contributed by atoms with van der Waals surface area (Å²) in [5, 5.41) is 11.7. The van der Waals surface area contributed by atoms with E-state index < -0.39 is 17.8 Å². The zero-order chi connectivity index (χ0) is 24.4. The molecule has 1 saturated heterocycles. The largest absolute Gasteiger partial charge is 0.508 e. The number of hydrogen-bond donors (Lipinski definition) is 2. The van der Waals surface area contributed by atoms with Crippen molar-refractivity contribution in [2.24, 2.45) is 0 Å². The van der Waals surface area contributed by atoms with Crippen molar-refractivity contribution in [2.75, 3.05) is 12.0 Å². The molecule has 1 heterocycles. The third-order valence-electron chi connectivity index (χ3n) is 5.24. The van der Waals surface area contributed by atoms with Crippen molar-refractivity contribution in [2.45, 2.75) is 6.42 Å². The van der Waals surface area contributed by atoms with Gasteiger partial charge in [0.05, 0.1) is 12.8 Å². The zero-order valence-electron chi connectivity index (χ0n) is 17.8. The smallest absolute Gasteiger partial charge is 0.335 e. The van der Waals surface area contributed by atoms with Crippen LogP contribution in [0.3, 0.4) is 0 Å². The van der Waals surface area contributed by atoms with Gasteiger partial charge in [-0.3, -0.25) is 14.9 Å². The van der Waals surface area contributed by atoms with Crippen LogP contribution in [0, 0.1) is 0 Å². The van der Waals surface area contributed by atoms with Gasteiger partial charge in [0.1, 0.15) is 17.1 Å². The second kappa shape index (κ2) is 9.82. The molecule has 2 N–H and O–H groups in total. The molecule has 0 radical (unpaired) electrons. The first kappa shape index (κ1) is 23.7. The number of amides is 4. The Morgan fingerprint density at radius 2 is 1.71 bits per heavy atom. The molecule has 3 aromatic rings. The summed E-state index contributed by atoms with van der Waals surface area (Å²) in [6.07, 6.45) is 2.00. The fraction of sp³-hybridized carbons (Fsp3) is 0.0800. The molecule has 0 unspecified atom stereocenters. The number of phenols is 1. The average molecular weight is 586 g/mol. The van der Waals surface area contributed by atoms with Crippen LogP contribution in [0.5, 0.6) is 11.5 Å². The number of anilines is 1. The SMILES string of the molecule is COc1cc(/C=C2\C(=O)NC(=O)N(c3ccc(O)cc3)C2=O)cc(Br)c1Cc1ccccc1Br. The van der Waals surface area contributed by atoms with Gasteiger partial charge in [0.15, 0.2) is 0 Å². The predicted octanol–water partition coefficient (Wildman–Crippen LogP) is 5.18. The first-order valence-electron chi connectivity index (χ1n) is 10.1. The van der Waals surface area contributed by atoms with Gasteiger partial charge in [-0.15, -0.1) is 0 Å². The Hall–Kier alpha value is -3.43. The van der Waals surface area contributed by atoms with Gasteiger partial charge in [-0.2, -0.15) is 0 Å². The second-order valence-electron chi connectivity index (χ2n) is 7.43. The van der Waals surface area contributed by atoms with Crippen LogP contribution in [0.25, 0.3) is 6.08 Å². The van der Waals surface area contributed by atoms with Gasteiger partial charge in [-0.25, -0.2) is 9.69 Å². The van der Waals surface area contributed by atoms with Crippen molar-refractivity contribution in [1.82, 2.24) is 5.32 Å². The van der Waals surface area contributed by atoms with Crippen molar-refractivity contribution in [3.05, 3.63) is 91.9 Å². The second-order valence-corrected chi connectivity index (χ2v) is 9.13. The molecule has 3 aromatic carbocycles. The summed E-state index contributed by atoms with van der Waals surface area (Å²) in [5.41, 5.74) is 2.52. The highest BCUT2D eigenvalue weighted by Crippen LogP contribution is 2.34. The number of nitrogens with zero attached hydrogens (tertiary/aromatic N) is 1. The number of hydrogen-bond acceptors (Lipinski definition) is 5. The highest BCUT2D eigenvalue weighted by atomic mass is 79.9. The van der Waals surface area contributed by atoms with E-state index in [0.29, 0.717) is 17.7 Å². The van der Waals surface area contributed by atoms with E-state index in [1.807, 2.05) is 24.3 Å². The fourth-order valence-electron chi connectivity index (χ4n) is 3.56. The van der Waals surface area contributed by atoms with Gasteiger partial charge in [0.25, 0.3) is 11.8 Å². The molecular formula is C25H18Br2N2O5. The third-order valence-corrected chi connectivity index (χ3v) is 6.72. The van der Waals surface area contributed by atoms with Gasteiger partial charge in [0, 0.05) is 20.9 Å². The van der Waals surface area contributed by atoms with Crippen molar-refractivity contribution in [1.29, 1.82) is 0 Å². The van der Waals surface area contributed by atoms with Crippen molar-refractivity contribution in [3.8, 4) is 11.5 Å². The summed E-state index contributed by atoms with van der Waals surface area (Å²) >= 11 is 7.14. The number of barbiturate groups is 1. The number of halogens is 2. The Kier molecular flexibility index (Phi) is 6.85. The number of carbonyl (C=O) groups is 3. The Morgan fingerprint density at radius 1 is 1.00 bits per heavy atom. The van der Waals surface area contributed by atoms with E-state index in [2.05, 4.69) is 37.2 Å². The maximum absolute atomic E-state index is 13.1. The number of methoxy groups -OCH3 is 1. The Balaban J connectivity index is 1.71. The number of ether oxygens (including phenoxy) is 1. The average Bonchev–Trinajstić information content (AvgIpc) is 2.80. The monoisotopic (exact) mass is 584 g/mol. The van der Waals surface area contributed by atoms with Crippen LogP contribution in [-0.4, -0.2) is 30.1 Å². The summed E-state index contributed by atoms with van der Waals surface area (Å²) < 4.78 is 7.30. The normalized spacial score (nSPS) is 15.0. The van der Waals surface area contributed by atoms with Crippen LogP contribution in [0.15, 0.2) is 75.2 Å². The number of rotatable bonds is 5. The Labute approximate surface area is 212 Å². The molecule has 1 aliphatic rings. The third kappa shape index (κ3) is 4.76. The van der Waals surface area contributed by atoms with E-state index in [0.717, 1.165) is 25.0 Å². The molecule has 0 saturated carbocycles. The van der Waals surface area contributed by atoms with E-state index >= 15 is 0 Å². The topological polar surface area (TPSA) is 95.9 Å². The molecule has 7 nitrogen and oxygen atoms in total. The lowest BCUT2D eigenvalue weighted by atomic mass is 10.0. The lowest BCUT2D eigenvalue weighted by Crippen LogP contribution is -2.54. The number of nitrogens with one attached hydrogen (secondary N) is 1. The van der Waals surface area contributed by atoms with E-state index in [1.165, 1.54) is 30.3 Å². The van der Waals surface area contributed by atoms with Gasteiger partial charge in [-0.1, -0.05) is 50.1 Å². The van der Waals surface area contributed by atoms with E-state index in [4.69, 9.17) is 4.74 Å². The Bertz CT molecular complexity index is 1340. The van der Waals surface area contributed by atoms with Gasteiger partial charge in [0.2, 0.25) is 0 Å². The number of aromatic hydroxyl groups is 1. The fourth-order valence-corrected chi connectivity index (χ4v) is 4.59. The van der Waals surface area contributed by atoms with Crippen molar-refractivity contribution >= 4 is 61.5 Å². The van der Waals surface area contributed by atoms with Crippen molar-refractivity contribution in [3.63, 3.8) is 0 Å². The van der Waals surface area contributed by atoms with E-state index in [1.54, 1.807) is 19.2 Å². The lowest BCUT2D eigenvalue weighted by molar-refractivity contribution is -0.122. The van der Waals surface area contributed by atoms with E-state index in [-0.39, 0.29) is 17.0 Å². The number of urea groups is 1. The standard InChI is InChI=1S/C25H18Br2N2O5/c1-34-22-12-14(11-21(27)18(22)13-15-4-2-3-5-20(15)26)10-19-23(31)28-25(33)29(24(19)32)16-6-8-17(30)9-7-16/h2-12,30H,13H2,1H3,(H,28,31,33)/b19-10+. The maximum atomic E-state index is 13.1. The molecule has 1 aliphatic heterocycles. The first-order chi connectivity index (χ1) is 16.3. The first-order valence-corrected chi connectivity index (χ1v) is 11.7. The lowest BCUT2D eigenvalue weighted by Gasteiger charge is -2.26. The summed E-state index contributed by atoms with van der Waals surface area (Å²) in [7, 11) is 1.55. The Morgan fingerprint density at radius 3 is 2.38 bits per heavy atom. The molecule has 4 rings (SSSR count). The van der Waals surface area contributed by atoms with Crippen molar-refractivity contribution < 1.29 is 24.2 Å². The molecule has 0 bridgehead atoms. The van der Waals surface area contributed by atoms with Crippen LogP contribution in [0.2, 0.25) is 0 Å². The predicted molar refractivity (Wildman–Crippen MR) is 135 cm³/mol. The molecular weight excluding hydrogens is 568 g/mol. The number of imide groups is 2. The molecule has 34 heavy (non-hydrogen) atoms. The summed E-state index contributed by atoms with van der Waals surface area (Å²) in [6, 6.07) is 16.0. The van der Waals surface area contributed by atoms with Gasteiger partial charge in [-0.05, 0) is 59.7 Å². The van der Waals surface area contributed by atoms with Gasteiger partial charge < -0.3 is 9.84 Å². The minimum absolute atomic E-state index is 0.0139. The molecule has 4 amide bonds. The quantitative estimate of drug-likeness (QED) is 0.318. The number of benzene rings is 3. The maximum Gasteiger partial charge on any atom is 0.335 e. The molecule has 0 spiro atoms. The zero-order valence-corrected chi connectivity index (χ0v) is 21.0. The van der Waals surface area contributed by atoms with Crippen LogP contribution < -0.4 is 15.0 Å². The van der Waals surface area contributed by atoms with Crippen LogP contribution >= 0.6 is 31.9 Å². The molecule has 0 aromatic heterocycles.